The molecule has 2 aromatic carbocycles. The SMILES string of the molecule is CC(C)(C)c1cc(C2C=C(c3ccccc3)Nc3[nH]c(=S)[nH]c(=O)c32)cc(C(C)(C)C)c1O. The first kappa shape index (κ1) is 23.1. The lowest BCUT2D eigenvalue weighted by Gasteiger charge is -2.31. The average Bonchev–Trinajstić information content (AvgIpc) is 2.71. The van der Waals surface area contributed by atoms with Crippen molar-refractivity contribution in [1.29, 1.82) is 0 Å². The van der Waals surface area contributed by atoms with Crippen molar-refractivity contribution >= 4 is 23.7 Å². The van der Waals surface area contributed by atoms with Crippen molar-refractivity contribution in [1.82, 2.24) is 9.97 Å². The number of allylic oxidation sites excluding steroid dienone is 1. The van der Waals surface area contributed by atoms with Crippen LogP contribution in [-0.2, 0) is 10.8 Å². The van der Waals surface area contributed by atoms with Crippen LogP contribution in [0.1, 0.15) is 75.3 Å². The lowest BCUT2D eigenvalue weighted by molar-refractivity contribution is 0.422. The van der Waals surface area contributed by atoms with E-state index < -0.39 is 0 Å². The molecule has 1 unspecified atom stereocenters. The predicted molar refractivity (Wildman–Crippen MR) is 138 cm³/mol. The van der Waals surface area contributed by atoms with E-state index in [-0.39, 0.29) is 27.1 Å². The van der Waals surface area contributed by atoms with Crippen molar-refractivity contribution in [3.05, 3.63) is 91.5 Å². The highest BCUT2D eigenvalue weighted by Crippen LogP contribution is 2.44. The van der Waals surface area contributed by atoms with E-state index >= 15 is 0 Å². The molecule has 1 atom stereocenters. The molecule has 0 amide bonds. The highest BCUT2D eigenvalue weighted by Gasteiger charge is 2.31. The molecule has 172 valence electrons. The third-order valence-corrected chi connectivity index (χ3v) is 6.28. The van der Waals surface area contributed by atoms with Gasteiger partial charge >= 0.3 is 0 Å². The number of aromatic nitrogens is 2. The van der Waals surface area contributed by atoms with E-state index in [1.54, 1.807) is 0 Å². The van der Waals surface area contributed by atoms with Gasteiger partial charge in [-0.3, -0.25) is 9.78 Å². The Morgan fingerprint density at radius 3 is 2.03 bits per heavy atom. The number of hydrogen-bond acceptors (Lipinski definition) is 4. The molecule has 0 aliphatic carbocycles. The van der Waals surface area contributed by atoms with Gasteiger partial charge in [0.2, 0.25) is 0 Å². The van der Waals surface area contributed by atoms with Crippen LogP contribution in [-0.4, -0.2) is 15.1 Å². The first-order chi connectivity index (χ1) is 15.4. The standard InChI is InChI=1S/C27H31N3O2S/c1-26(2,3)18-12-16(13-19(22(18)31)27(4,5)6)17-14-20(15-10-8-7-9-11-15)28-23-21(17)24(32)30-25(33)29-23/h7-14,17,31H,1-6H3,(H3,28,29,30,32,33). The monoisotopic (exact) mass is 461 g/mol. The molecule has 0 bridgehead atoms. The maximum absolute atomic E-state index is 13.1. The van der Waals surface area contributed by atoms with E-state index in [0.717, 1.165) is 28.0 Å². The quantitative estimate of drug-likeness (QED) is 0.336. The third kappa shape index (κ3) is 4.40. The molecule has 1 aliphatic heterocycles. The van der Waals surface area contributed by atoms with Gasteiger partial charge in [-0.2, -0.15) is 0 Å². The van der Waals surface area contributed by atoms with Crippen LogP contribution in [0.15, 0.2) is 53.3 Å². The smallest absolute Gasteiger partial charge is 0.257 e. The van der Waals surface area contributed by atoms with Crippen LogP contribution in [0, 0.1) is 4.77 Å². The molecule has 33 heavy (non-hydrogen) atoms. The molecule has 6 heteroatoms. The molecule has 0 radical (unpaired) electrons. The average molecular weight is 462 g/mol. The molecular weight excluding hydrogens is 430 g/mol. The summed E-state index contributed by atoms with van der Waals surface area (Å²) in [5, 5.41) is 14.5. The number of aromatic amines is 2. The van der Waals surface area contributed by atoms with Gasteiger partial charge in [0.05, 0.1) is 5.56 Å². The molecule has 1 aromatic heterocycles. The number of phenolic OH excluding ortho intramolecular Hbond substituents is 1. The van der Waals surface area contributed by atoms with E-state index in [2.05, 4.69) is 62.9 Å². The molecule has 5 nitrogen and oxygen atoms in total. The summed E-state index contributed by atoms with van der Waals surface area (Å²) in [6.45, 7) is 12.5. The van der Waals surface area contributed by atoms with Gasteiger partial charge in [0, 0.05) is 11.6 Å². The molecule has 1 aliphatic rings. The number of rotatable bonds is 2. The fourth-order valence-electron chi connectivity index (χ4n) is 4.35. The molecule has 0 fully saturated rings. The normalized spacial score (nSPS) is 16.1. The third-order valence-electron chi connectivity index (χ3n) is 6.08. The molecule has 0 saturated heterocycles. The Hall–Kier alpha value is -3.12. The lowest BCUT2D eigenvalue weighted by atomic mass is 9.76. The molecule has 2 heterocycles. The Morgan fingerprint density at radius 2 is 1.48 bits per heavy atom. The molecule has 3 aromatic rings. The summed E-state index contributed by atoms with van der Waals surface area (Å²) < 4.78 is 0.274. The van der Waals surface area contributed by atoms with Crippen LogP contribution in [0.4, 0.5) is 5.82 Å². The van der Waals surface area contributed by atoms with Crippen molar-refractivity contribution in [3.8, 4) is 5.75 Å². The zero-order chi connectivity index (χ0) is 24.1. The summed E-state index contributed by atoms with van der Waals surface area (Å²) in [7, 11) is 0. The van der Waals surface area contributed by atoms with Gasteiger partial charge in [-0.25, -0.2) is 0 Å². The predicted octanol–water partition coefficient (Wildman–Crippen LogP) is 6.33. The van der Waals surface area contributed by atoms with Gasteiger partial charge in [0.15, 0.2) is 4.77 Å². The van der Waals surface area contributed by atoms with E-state index in [4.69, 9.17) is 12.2 Å². The van der Waals surface area contributed by atoms with Crippen molar-refractivity contribution in [2.75, 3.05) is 5.32 Å². The largest absolute Gasteiger partial charge is 0.507 e. The van der Waals surface area contributed by atoms with Crippen molar-refractivity contribution in [2.45, 2.75) is 58.3 Å². The van der Waals surface area contributed by atoms with E-state index in [1.165, 1.54) is 0 Å². The number of benzene rings is 2. The molecule has 0 spiro atoms. The molecule has 4 rings (SSSR count). The lowest BCUT2D eigenvalue weighted by Crippen LogP contribution is -2.25. The minimum Gasteiger partial charge on any atom is -0.507 e. The van der Waals surface area contributed by atoms with Crippen LogP contribution in [0.5, 0.6) is 5.75 Å². The summed E-state index contributed by atoms with van der Waals surface area (Å²) >= 11 is 5.25. The number of anilines is 1. The van der Waals surface area contributed by atoms with E-state index in [0.29, 0.717) is 17.1 Å². The van der Waals surface area contributed by atoms with Gasteiger partial charge in [-0.1, -0.05) is 84.0 Å². The number of H-pyrrole nitrogens is 2. The Bertz CT molecular complexity index is 1320. The first-order valence-electron chi connectivity index (χ1n) is 11.1. The van der Waals surface area contributed by atoms with Gasteiger partial charge < -0.3 is 15.4 Å². The first-order valence-corrected chi connectivity index (χ1v) is 11.6. The number of aromatic hydroxyl groups is 1. The van der Waals surface area contributed by atoms with E-state index in [9.17, 15) is 9.90 Å². The van der Waals surface area contributed by atoms with Gasteiger partial charge in [0.1, 0.15) is 11.6 Å². The second-order valence-electron chi connectivity index (χ2n) is 10.7. The summed E-state index contributed by atoms with van der Waals surface area (Å²) in [6, 6.07) is 14.1. The minimum absolute atomic E-state index is 0.225. The van der Waals surface area contributed by atoms with Crippen LogP contribution in [0.2, 0.25) is 0 Å². The molecular formula is C27H31N3O2S. The topological polar surface area (TPSA) is 80.9 Å². The van der Waals surface area contributed by atoms with Crippen LogP contribution >= 0.6 is 12.2 Å². The Morgan fingerprint density at radius 1 is 0.909 bits per heavy atom. The van der Waals surface area contributed by atoms with Gasteiger partial charge in [-0.15, -0.1) is 0 Å². The van der Waals surface area contributed by atoms with Crippen LogP contribution < -0.4 is 10.9 Å². The number of phenols is 1. The van der Waals surface area contributed by atoms with Gasteiger partial charge in [-0.05, 0) is 51.4 Å². The second-order valence-corrected chi connectivity index (χ2v) is 11.1. The molecule has 0 saturated carbocycles. The highest BCUT2D eigenvalue weighted by molar-refractivity contribution is 7.71. The Balaban J connectivity index is 2.03. The summed E-state index contributed by atoms with van der Waals surface area (Å²) in [5.74, 6) is 0.592. The number of fused-ring (bicyclic) bond motifs is 1. The Labute approximate surface area is 199 Å². The number of hydrogen-bond donors (Lipinski definition) is 4. The summed E-state index contributed by atoms with van der Waals surface area (Å²) in [5.41, 5.74) is 4.39. The zero-order valence-corrected chi connectivity index (χ0v) is 20.8. The molecule has 4 N–H and O–H groups in total. The fourth-order valence-corrected chi connectivity index (χ4v) is 4.54. The Kier molecular flexibility index (Phi) is 5.61. The second kappa shape index (κ2) is 8.03. The van der Waals surface area contributed by atoms with Crippen LogP contribution in [0.25, 0.3) is 5.70 Å². The zero-order valence-electron chi connectivity index (χ0n) is 20.0. The summed E-state index contributed by atoms with van der Waals surface area (Å²) in [4.78, 5) is 18.9. The fraction of sp³-hybridized carbons (Fsp3) is 0.333. The van der Waals surface area contributed by atoms with Crippen molar-refractivity contribution in [3.63, 3.8) is 0 Å². The maximum Gasteiger partial charge on any atom is 0.257 e. The maximum atomic E-state index is 13.1. The van der Waals surface area contributed by atoms with Crippen molar-refractivity contribution < 1.29 is 5.11 Å². The van der Waals surface area contributed by atoms with Crippen LogP contribution in [0.3, 0.4) is 0 Å². The number of nitrogens with one attached hydrogen (secondary N) is 3. The van der Waals surface area contributed by atoms with E-state index in [1.807, 2.05) is 42.5 Å². The van der Waals surface area contributed by atoms with Crippen molar-refractivity contribution in [2.24, 2.45) is 0 Å². The minimum atomic E-state index is -0.324. The van der Waals surface area contributed by atoms with Gasteiger partial charge in [0.25, 0.3) is 5.56 Å². The summed E-state index contributed by atoms with van der Waals surface area (Å²) in [6.07, 6.45) is 2.08. The highest BCUT2D eigenvalue weighted by atomic mass is 32.1.